The molecular formula is C20H33. The number of allylic oxidation sites excluding steroid dienone is 7. The summed E-state index contributed by atoms with van der Waals surface area (Å²) >= 11 is 0. The molecule has 0 aliphatic carbocycles. The Balaban J connectivity index is 3.16. The van der Waals surface area contributed by atoms with Crippen molar-refractivity contribution in [2.24, 2.45) is 0 Å². The Kier molecular flexibility index (Phi) is 17.0. The summed E-state index contributed by atoms with van der Waals surface area (Å²) in [6.07, 6.45) is 30.1. The van der Waals surface area contributed by atoms with Crippen LogP contribution in [-0.2, 0) is 0 Å². The van der Waals surface area contributed by atoms with Crippen molar-refractivity contribution in [3.63, 3.8) is 0 Å². The van der Waals surface area contributed by atoms with E-state index in [1.54, 1.807) is 6.08 Å². The summed E-state index contributed by atoms with van der Waals surface area (Å²) in [5.41, 5.74) is 0. The SMILES string of the molecule is C=C/C=C\C=CC=CCCCCC[CH]CCCCCC. The van der Waals surface area contributed by atoms with Crippen molar-refractivity contribution in [3.05, 3.63) is 55.5 Å². The van der Waals surface area contributed by atoms with Crippen LogP contribution in [0.25, 0.3) is 0 Å². The van der Waals surface area contributed by atoms with Gasteiger partial charge in [-0.25, -0.2) is 0 Å². The van der Waals surface area contributed by atoms with Crippen LogP contribution in [0.2, 0.25) is 0 Å². The van der Waals surface area contributed by atoms with Crippen LogP contribution < -0.4 is 0 Å². The van der Waals surface area contributed by atoms with Crippen LogP contribution in [0.4, 0.5) is 0 Å². The average Bonchev–Trinajstić information content (AvgIpc) is 2.47. The number of hydrogen-bond acceptors (Lipinski definition) is 0. The first-order chi connectivity index (χ1) is 9.91. The molecule has 0 nitrogen and oxygen atoms in total. The molecule has 113 valence electrons. The molecule has 0 fully saturated rings. The average molecular weight is 273 g/mol. The molecular weight excluding hydrogens is 240 g/mol. The third kappa shape index (κ3) is 17.0. The van der Waals surface area contributed by atoms with Crippen molar-refractivity contribution in [3.8, 4) is 0 Å². The molecule has 0 aromatic rings. The van der Waals surface area contributed by atoms with Crippen molar-refractivity contribution in [2.75, 3.05) is 0 Å². The van der Waals surface area contributed by atoms with Crippen LogP contribution >= 0.6 is 0 Å². The zero-order valence-corrected chi connectivity index (χ0v) is 13.4. The van der Waals surface area contributed by atoms with Crippen LogP contribution in [0.15, 0.2) is 49.1 Å². The highest BCUT2D eigenvalue weighted by Gasteiger charge is 1.91. The summed E-state index contributed by atoms with van der Waals surface area (Å²) in [6, 6.07) is 0. The fraction of sp³-hybridized carbons (Fsp3) is 0.550. The maximum atomic E-state index is 3.63. The molecule has 0 saturated carbocycles. The van der Waals surface area contributed by atoms with Gasteiger partial charge in [0.05, 0.1) is 0 Å². The predicted molar refractivity (Wildman–Crippen MR) is 93.8 cm³/mol. The second kappa shape index (κ2) is 18.0. The molecule has 0 saturated heterocycles. The summed E-state index contributed by atoms with van der Waals surface area (Å²) in [4.78, 5) is 0. The van der Waals surface area contributed by atoms with E-state index in [1.165, 1.54) is 64.2 Å². The van der Waals surface area contributed by atoms with E-state index in [4.69, 9.17) is 0 Å². The van der Waals surface area contributed by atoms with E-state index in [2.05, 4.69) is 38.2 Å². The zero-order chi connectivity index (χ0) is 14.7. The molecule has 20 heavy (non-hydrogen) atoms. The lowest BCUT2D eigenvalue weighted by Gasteiger charge is -2.00. The highest BCUT2D eigenvalue weighted by atomic mass is 14.0. The molecule has 1 radical (unpaired) electrons. The lowest BCUT2D eigenvalue weighted by atomic mass is 10.1. The van der Waals surface area contributed by atoms with Gasteiger partial charge in [0.15, 0.2) is 0 Å². The number of rotatable bonds is 14. The highest BCUT2D eigenvalue weighted by molar-refractivity contribution is 5.14. The summed E-state index contributed by atoms with van der Waals surface area (Å²) < 4.78 is 0. The van der Waals surface area contributed by atoms with E-state index < -0.39 is 0 Å². The normalized spacial score (nSPS) is 12.1. The van der Waals surface area contributed by atoms with Gasteiger partial charge in [-0.1, -0.05) is 107 Å². The van der Waals surface area contributed by atoms with Gasteiger partial charge in [-0.05, 0) is 19.3 Å². The van der Waals surface area contributed by atoms with E-state index in [-0.39, 0.29) is 0 Å². The molecule has 0 aliphatic rings. The van der Waals surface area contributed by atoms with Gasteiger partial charge < -0.3 is 0 Å². The maximum Gasteiger partial charge on any atom is -0.0348 e. The zero-order valence-electron chi connectivity index (χ0n) is 13.4. The molecule has 0 bridgehead atoms. The Bertz CT molecular complexity index is 268. The standard InChI is InChI=1S/C20H33/c1-3-5-7-9-11-13-15-17-19-20-18-16-14-12-10-8-6-4-2/h3,5,7,9,11,13-15H,1,4,6,8,10,12,16-20H2,2H3/b7-5-,11-9?,15-13?. The van der Waals surface area contributed by atoms with Crippen molar-refractivity contribution in [1.82, 2.24) is 0 Å². The van der Waals surface area contributed by atoms with Crippen LogP contribution in [0.5, 0.6) is 0 Å². The van der Waals surface area contributed by atoms with Crippen molar-refractivity contribution < 1.29 is 0 Å². The van der Waals surface area contributed by atoms with Crippen LogP contribution in [0.3, 0.4) is 0 Å². The monoisotopic (exact) mass is 273 g/mol. The smallest absolute Gasteiger partial charge is 0.0348 e. The van der Waals surface area contributed by atoms with Gasteiger partial charge in [-0.3, -0.25) is 0 Å². The fourth-order valence-electron chi connectivity index (χ4n) is 2.03. The molecule has 0 heterocycles. The molecule has 0 aromatic carbocycles. The lowest BCUT2D eigenvalue weighted by Crippen LogP contribution is -1.82. The van der Waals surface area contributed by atoms with E-state index in [0.717, 1.165) is 0 Å². The molecule has 0 unspecified atom stereocenters. The second-order valence-corrected chi connectivity index (χ2v) is 5.21. The molecule has 0 aliphatic heterocycles. The van der Waals surface area contributed by atoms with Crippen LogP contribution in [-0.4, -0.2) is 0 Å². The molecule has 0 atom stereocenters. The Labute approximate surface area is 127 Å². The van der Waals surface area contributed by atoms with Gasteiger partial charge in [0.2, 0.25) is 0 Å². The second-order valence-electron chi connectivity index (χ2n) is 5.21. The third-order valence-electron chi connectivity index (χ3n) is 3.26. The van der Waals surface area contributed by atoms with Gasteiger partial charge in [0, 0.05) is 0 Å². The first kappa shape index (κ1) is 19.0. The minimum atomic E-state index is 1.20. The molecule has 0 rings (SSSR count). The van der Waals surface area contributed by atoms with Crippen molar-refractivity contribution in [2.45, 2.75) is 71.1 Å². The Morgan fingerprint density at radius 3 is 1.95 bits per heavy atom. The molecule has 0 spiro atoms. The van der Waals surface area contributed by atoms with E-state index in [0.29, 0.717) is 0 Å². The molecule has 0 amide bonds. The lowest BCUT2D eigenvalue weighted by molar-refractivity contribution is 0.627. The summed E-state index contributed by atoms with van der Waals surface area (Å²) in [5.74, 6) is 0. The van der Waals surface area contributed by atoms with E-state index in [1.807, 2.05) is 18.2 Å². The number of unbranched alkanes of at least 4 members (excludes halogenated alkanes) is 10. The summed E-state index contributed by atoms with van der Waals surface area (Å²) in [7, 11) is 0. The molecule has 0 heteroatoms. The topological polar surface area (TPSA) is 0 Å². The van der Waals surface area contributed by atoms with E-state index >= 15 is 0 Å². The summed E-state index contributed by atoms with van der Waals surface area (Å²) in [5, 5.41) is 0. The minimum Gasteiger partial charge on any atom is -0.0991 e. The van der Waals surface area contributed by atoms with Crippen molar-refractivity contribution >= 4 is 0 Å². The Morgan fingerprint density at radius 2 is 1.25 bits per heavy atom. The van der Waals surface area contributed by atoms with Gasteiger partial charge in [-0.15, -0.1) is 0 Å². The third-order valence-corrected chi connectivity index (χ3v) is 3.26. The molecule has 0 N–H and O–H groups in total. The van der Waals surface area contributed by atoms with Gasteiger partial charge in [0.25, 0.3) is 0 Å². The Hall–Kier alpha value is -1.04. The van der Waals surface area contributed by atoms with Crippen LogP contribution in [0.1, 0.15) is 71.1 Å². The van der Waals surface area contributed by atoms with Crippen molar-refractivity contribution in [1.29, 1.82) is 0 Å². The largest absolute Gasteiger partial charge is 0.0991 e. The highest BCUT2D eigenvalue weighted by Crippen LogP contribution is 2.10. The minimum absolute atomic E-state index is 1.20. The first-order valence-corrected chi connectivity index (χ1v) is 8.34. The first-order valence-electron chi connectivity index (χ1n) is 8.34. The Morgan fingerprint density at radius 1 is 0.650 bits per heavy atom. The quantitative estimate of drug-likeness (QED) is 0.237. The molecule has 0 aromatic heterocycles. The van der Waals surface area contributed by atoms with Crippen LogP contribution in [0, 0.1) is 6.42 Å². The van der Waals surface area contributed by atoms with Gasteiger partial charge >= 0.3 is 0 Å². The number of hydrogen-bond donors (Lipinski definition) is 0. The fourth-order valence-corrected chi connectivity index (χ4v) is 2.03. The maximum absolute atomic E-state index is 3.63. The van der Waals surface area contributed by atoms with Gasteiger partial charge in [-0.2, -0.15) is 0 Å². The predicted octanol–water partition coefficient (Wildman–Crippen LogP) is 6.97. The van der Waals surface area contributed by atoms with Gasteiger partial charge in [0.1, 0.15) is 0 Å². The van der Waals surface area contributed by atoms with E-state index in [9.17, 15) is 0 Å². The summed E-state index contributed by atoms with van der Waals surface area (Å²) in [6.45, 7) is 5.90.